The van der Waals surface area contributed by atoms with E-state index in [9.17, 15) is 9.59 Å². The van der Waals surface area contributed by atoms with Gasteiger partial charge in [-0.1, -0.05) is 24.3 Å². The Hall–Kier alpha value is -3.08. The lowest BCUT2D eigenvalue weighted by molar-refractivity contribution is -0.147. The minimum absolute atomic E-state index is 0.0133. The van der Waals surface area contributed by atoms with Gasteiger partial charge in [0.15, 0.2) is 6.61 Å². The van der Waals surface area contributed by atoms with Gasteiger partial charge in [-0.25, -0.2) is 9.59 Å². The van der Waals surface area contributed by atoms with Crippen LogP contribution in [-0.4, -0.2) is 12.6 Å². The van der Waals surface area contributed by atoms with Gasteiger partial charge in [0.05, 0.1) is 0 Å². The first-order valence-electron chi connectivity index (χ1n) is 8.32. The molecule has 0 amide bonds. The van der Waals surface area contributed by atoms with Crippen LogP contribution in [0.25, 0.3) is 11.0 Å². The zero-order chi connectivity index (χ0) is 18.7. The first-order chi connectivity index (χ1) is 12.4. The van der Waals surface area contributed by atoms with E-state index in [1.165, 1.54) is 6.07 Å². The Kier molecular flexibility index (Phi) is 5.07. The standard InChI is InChI=1S/C21H20O5/c1-13-5-4-6-17(9-13)24-12-20(23)25-11-16-10-19(22)26-21-15(3)14(2)7-8-18(16)21/h4-10H,11-12H2,1-3H3. The molecule has 5 nitrogen and oxygen atoms in total. The second kappa shape index (κ2) is 7.44. The molecule has 0 unspecified atom stereocenters. The van der Waals surface area contributed by atoms with Crippen molar-refractivity contribution in [3.05, 3.63) is 75.1 Å². The highest BCUT2D eigenvalue weighted by molar-refractivity contribution is 5.84. The molecule has 2 aromatic carbocycles. The highest BCUT2D eigenvalue weighted by Gasteiger charge is 2.12. The predicted octanol–water partition coefficient (Wildman–Crippen LogP) is 3.84. The van der Waals surface area contributed by atoms with E-state index in [0.29, 0.717) is 16.9 Å². The van der Waals surface area contributed by atoms with Gasteiger partial charge in [-0.2, -0.15) is 0 Å². The summed E-state index contributed by atoms with van der Waals surface area (Å²) in [4.78, 5) is 23.8. The first kappa shape index (κ1) is 17.7. The molecule has 0 aliphatic rings. The minimum Gasteiger partial charge on any atom is -0.482 e. The number of fused-ring (bicyclic) bond motifs is 1. The van der Waals surface area contributed by atoms with Gasteiger partial charge in [0.1, 0.15) is 17.9 Å². The predicted molar refractivity (Wildman–Crippen MR) is 98.4 cm³/mol. The second-order valence-electron chi connectivity index (χ2n) is 6.24. The number of carbonyl (C=O) groups excluding carboxylic acids is 1. The Morgan fingerprint density at radius 1 is 1.08 bits per heavy atom. The van der Waals surface area contributed by atoms with Gasteiger partial charge >= 0.3 is 11.6 Å². The van der Waals surface area contributed by atoms with Gasteiger partial charge in [-0.05, 0) is 49.6 Å². The quantitative estimate of drug-likeness (QED) is 0.516. The van der Waals surface area contributed by atoms with Crippen LogP contribution in [0.15, 0.2) is 51.7 Å². The maximum atomic E-state index is 12.0. The van der Waals surface area contributed by atoms with Crippen molar-refractivity contribution >= 4 is 16.9 Å². The maximum Gasteiger partial charge on any atom is 0.344 e. The van der Waals surface area contributed by atoms with E-state index < -0.39 is 11.6 Å². The van der Waals surface area contributed by atoms with Crippen molar-refractivity contribution in [1.82, 2.24) is 0 Å². The number of hydrogen-bond donors (Lipinski definition) is 0. The lowest BCUT2D eigenvalue weighted by Crippen LogP contribution is -2.15. The number of benzene rings is 2. The number of esters is 1. The normalized spacial score (nSPS) is 10.7. The van der Waals surface area contributed by atoms with Gasteiger partial charge in [-0.15, -0.1) is 0 Å². The summed E-state index contributed by atoms with van der Waals surface area (Å²) in [6.45, 7) is 5.58. The Balaban J connectivity index is 1.70. The zero-order valence-corrected chi connectivity index (χ0v) is 15.0. The number of ether oxygens (including phenoxy) is 2. The number of rotatable bonds is 5. The molecule has 0 aliphatic heterocycles. The monoisotopic (exact) mass is 352 g/mol. The van der Waals surface area contributed by atoms with Crippen LogP contribution >= 0.6 is 0 Å². The molecule has 0 bridgehead atoms. The van der Waals surface area contributed by atoms with E-state index in [2.05, 4.69) is 0 Å². The lowest BCUT2D eigenvalue weighted by Gasteiger charge is -2.10. The molecule has 134 valence electrons. The van der Waals surface area contributed by atoms with Crippen LogP contribution in [0.5, 0.6) is 5.75 Å². The van der Waals surface area contributed by atoms with Crippen molar-refractivity contribution in [3.8, 4) is 5.75 Å². The van der Waals surface area contributed by atoms with Crippen LogP contribution in [0.1, 0.15) is 22.3 Å². The fraction of sp³-hybridized carbons (Fsp3) is 0.238. The molecule has 26 heavy (non-hydrogen) atoms. The van der Waals surface area contributed by atoms with Crippen molar-refractivity contribution in [2.45, 2.75) is 27.4 Å². The third kappa shape index (κ3) is 3.94. The third-order valence-electron chi connectivity index (χ3n) is 4.25. The summed E-state index contributed by atoms with van der Waals surface area (Å²) in [5.41, 5.74) is 3.65. The molecule has 0 fully saturated rings. The van der Waals surface area contributed by atoms with Crippen molar-refractivity contribution in [2.75, 3.05) is 6.61 Å². The molecule has 0 saturated heterocycles. The maximum absolute atomic E-state index is 12.0. The summed E-state index contributed by atoms with van der Waals surface area (Å²) in [5, 5.41) is 0.764. The van der Waals surface area contributed by atoms with Crippen molar-refractivity contribution in [3.63, 3.8) is 0 Å². The molecule has 1 heterocycles. The fourth-order valence-corrected chi connectivity index (χ4v) is 2.69. The molecule has 0 atom stereocenters. The van der Waals surface area contributed by atoms with Gasteiger partial charge in [0, 0.05) is 17.0 Å². The molecule has 1 aromatic heterocycles. The van der Waals surface area contributed by atoms with Gasteiger partial charge < -0.3 is 13.9 Å². The van der Waals surface area contributed by atoms with E-state index in [4.69, 9.17) is 13.9 Å². The number of aryl methyl sites for hydroxylation is 3. The average molecular weight is 352 g/mol. The van der Waals surface area contributed by atoms with Crippen LogP contribution in [0.3, 0.4) is 0 Å². The Bertz CT molecular complexity index is 1020. The fourth-order valence-electron chi connectivity index (χ4n) is 2.69. The molecule has 3 aromatic rings. The lowest BCUT2D eigenvalue weighted by atomic mass is 10.0. The molecular formula is C21H20O5. The molecular weight excluding hydrogens is 332 g/mol. The second-order valence-corrected chi connectivity index (χ2v) is 6.24. The van der Waals surface area contributed by atoms with Crippen molar-refractivity contribution < 1.29 is 18.7 Å². The molecule has 5 heteroatoms. The van der Waals surface area contributed by atoms with Crippen LogP contribution in [0.2, 0.25) is 0 Å². The smallest absolute Gasteiger partial charge is 0.344 e. The largest absolute Gasteiger partial charge is 0.482 e. The Morgan fingerprint density at radius 3 is 2.65 bits per heavy atom. The van der Waals surface area contributed by atoms with Crippen LogP contribution < -0.4 is 10.4 Å². The van der Waals surface area contributed by atoms with Crippen LogP contribution in [-0.2, 0) is 16.1 Å². The topological polar surface area (TPSA) is 65.7 Å². The summed E-state index contributed by atoms with van der Waals surface area (Å²) in [7, 11) is 0. The summed E-state index contributed by atoms with van der Waals surface area (Å²) in [6.07, 6.45) is 0. The van der Waals surface area contributed by atoms with E-state index in [1.54, 1.807) is 6.07 Å². The highest BCUT2D eigenvalue weighted by atomic mass is 16.6. The average Bonchev–Trinajstić information content (AvgIpc) is 2.61. The molecule has 0 N–H and O–H groups in total. The van der Waals surface area contributed by atoms with E-state index in [1.807, 2.05) is 51.1 Å². The van der Waals surface area contributed by atoms with E-state index >= 15 is 0 Å². The van der Waals surface area contributed by atoms with E-state index in [-0.39, 0.29) is 13.2 Å². The molecule has 3 rings (SSSR count). The van der Waals surface area contributed by atoms with Gasteiger partial charge in [0.25, 0.3) is 0 Å². The summed E-state index contributed by atoms with van der Waals surface area (Å²) in [5.74, 6) is 0.107. The van der Waals surface area contributed by atoms with Crippen molar-refractivity contribution in [2.24, 2.45) is 0 Å². The number of hydrogen-bond acceptors (Lipinski definition) is 5. The Morgan fingerprint density at radius 2 is 1.88 bits per heavy atom. The SMILES string of the molecule is Cc1cccc(OCC(=O)OCc2cc(=O)oc3c(C)c(C)ccc23)c1. The van der Waals surface area contributed by atoms with Crippen LogP contribution in [0, 0.1) is 20.8 Å². The van der Waals surface area contributed by atoms with Crippen molar-refractivity contribution in [1.29, 1.82) is 0 Å². The van der Waals surface area contributed by atoms with Gasteiger partial charge in [0.2, 0.25) is 0 Å². The van der Waals surface area contributed by atoms with Crippen LogP contribution in [0.4, 0.5) is 0 Å². The van der Waals surface area contributed by atoms with E-state index in [0.717, 1.165) is 22.1 Å². The highest BCUT2D eigenvalue weighted by Crippen LogP contribution is 2.23. The summed E-state index contributed by atoms with van der Waals surface area (Å²) < 4.78 is 16.0. The summed E-state index contributed by atoms with van der Waals surface area (Å²) in [6, 6.07) is 12.6. The third-order valence-corrected chi connectivity index (χ3v) is 4.25. The molecule has 0 saturated carbocycles. The van der Waals surface area contributed by atoms with Gasteiger partial charge in [-0.3, -0.25) is 0 Å². The number of carbonyl (C=O) groups is 1. The Labute approximate surface area is 151 Å². The minimum atomic E-state index is -0.503. The zero-order valence-electron chi connectivity index (χ0n) is 15.0. The first-order valence-corrected chi connectivity index (χ1v) is 8.32. The molecule has 0 aliphatic carbocycles. The molecule has 0 radical (unpaired) electrons. The summed E-state index contributed by atoms with van der Waals surface area (Å²) >= 11 is 0. The molecule has 0 spiro atoms.